The number of carboxylic acids is 1. The largest absolute Gasteiger partial charge is 0.495 e. The van der Waals surface area contributed by atoms with E-state index in [9.17, 15) is 17.6 Å². The van der Waals surface area contributed by atoms with Gasteiger partial charge in [-0.1, -0.05) is 19.9 Å². The highest BCUT2D eigenvalue weighted by molar-refractivity contribution is 7.92. The molecule has 1 saturated carbocycles. The SMILES string of the molecule is COc1cc(C(=O)O)c(F)cc1NS(=O)(=O)c1csc(-c2ccc(C3CCC(C)(C)CC3)c(C)c2F)n1. The Balaban J connectivity index is 1.60. The number of nitrogens with zero attached hydrogens (tertiary/aromatic N) is 1. The Hall–Kier alpha value is -3.05. The number of halogens is 2. The molecule has 0 radical (unpaired) electrons. The molecule has 2 aromatic carbocycles. The van der Waals surface area contributed by atoms with Gasteiger partial charge in [-0.3, -0.25) is 4.72 Å². The van der Waals surface area contributed by atoms with E-state index in [0.29, 0.717) is 11.0 Å². The van der Waals surface area contributed by atoms with Crippen LogP contribution in [0.25, 0.3) is 10.6 Å². The van der Waals surface area contributed by atoms with E-state index in [4.69, 9.17) is 9.84 Å². The number of hydrogen-bond acceptors (Lipinski definition) is 6. The third kappa shape index (κ3) is 5.47. The second-order valence-corrected chi connectivity index (χ2v) is 12.5. The van der Waals surface area contributed by atoms with Crippen molar-refractivity contribution in [1.29, 1.82) is 0 Å². The van der Waals surface area contributed by atoms with Crippen molar-refractivity contribution < 1.29 is 31.8 Å². The highest BCUT2D eigenvalue weighted by atomic mass is 32.2. The van der Waals surface area contributed by atoms with Crippen molar-refractivity contribution in [3.05, 3.63) is 58.0 Å². The molecule has 0 unspecified atom stereocenters. The quantitative estimate of drug-likeness (QED) is 0.344. The van der Waals surface area contributed by atoms with Crippen molar-refractivity contribution in [1.82, 2.24) is 4.98 Å². The number of carboxylic acid groups (broad SMARTS) is 1. The lowest BCUT2D eigenvalue weighted by Crippen LogP contribution is -2.20. The first-order chi connectivity index (χ1) is 17.3. The summed E-state index contributed by atoms with van der Waals surface area (Å²) < 4.78 is 62.7. The molecule has 198 valence electrons. The van der Waals surface area contributed by atoms with Crippen LogP contribution in [-0.2, 0) is 10.0 Å². The van der Waals surface area contributed by atoms with E-state index in [2.05, 4.69) is 23.6 Å². The van der Waals surface area contributed by atoms with Crippen LogP contribution >= 0.6 is 11.3 Å². The molecule has 1 aliphatic rings. The van der Waals surface area contributed by atoms with Gasteiger partial charge in [0.05, 0.1) is 18.4 Å². The Morgan fingerprint density at radius 2 is 1.89 bits per heavy atom. The van der Waals surface area contributed by atoms with Crippen LogP contribution in [0.1, 0.15) is 66.9 Å². The standard InChI is InChI=1S/C26H28F2N2O5S2/c1-14-16(15-7-9-26(2,3)10-8-15)5-6-17(23(14)28)24-29-22(13-36-24)37(33,34)30-20-12-19(27)18(25(31)32)11-21(20)35-4/h5-6,11-13,15,30H,7-10H2,1-4H3,(H,31,32). The Morgan fingerprint density at radius 1 is 1.22 bits per heavy atom. The number of anilines is 1. The van der Waals surface area contributed by atoms with Gasteiger partial charge in [0.25, 0.3) is 10.0 Å². The molecule has 1 fully saturated rings. The first-order valence-corrected chi connectivity index (χ1v) is 14.1. The maximum atomic E-state index is 15.4. The molecule has 0 saturated heterocycles. The van der Waals surface area contributed by atoms with Crippen LogP contribution in [-0.4, -0.2) is 31.6 Å². The van der Waals surface area contributed by atoms with Crippen LogP contribution in [0.2, 0.25) is 0 Å². The molecule has 0 spiro atoms. The number of aromatic carboxylic acids is 1. The normalized spacial score (nSPS) is 15.9. The molecule has 0 amide bonds. The number of rotatable bonds is 7. The molecule has 1 aliphatic carbocycles. The molecule has 4 rings (SSSR count). The van der Waals surface area contributed by atoms with Crippen molar-refractivity contribution in [2.24, 2.45) is 5.41 Å². The molecule has 0 aliphatic heterocycles. The molecule has 11 heteroatoms. The van der Waals surface area contributed by atoms with E-state index in [0.717, 1.165) is 54.7 Å². The zero-order valence-corrected chi connectivity index (χ0v) is 22.5. The zero-order chi connectivity index (χ0) is 27.1. The van der Waals surface area contributed by atoms with E-state index in [1.54, 1.807) is 13.0 Å². The molecule has 7 nitrogen and oxygen atoms in total. The molecule has 1 heterocycles. The Kier molecular flexibility index (Phi) is 7.31. The topological polar surface area (TPSA) is 106 Å². The van der Waals surface area contributed by atoms with Gasteiger partial charge in [-0.2, -0.15) is 8.42 Å². The van der Waals surface area contributed by atoms with Gasteiger partial charge in [-0.15, -0.1) is 11.3 Å². The fraction of sp³-hybridized carbons (Fsp3) is 0.385. The van der Waals surface area contributed by atoms with Gasteiger partial charge in [0.15, 0.2) is 5.03 Å². The third-order valence-corrected chi connectivity index (χ3v) is 9.23. The number of benzene rings is 2. The number of ether oxygens (including phenoxy) is 1. The monoisotopic (exact) mass is 550 g/mol. The number of thiazole rings is 1. The molecule has 3 aromatic rings. The molecule has 37 heavy (non-hydrogen) atoms. The van der Waals surface area contributed by atoms with Crippen LogP contribution in [0.3, 0.4) is 0 Å². The lowest BCUT2D eigenvalue weighted by Gasteiger charge is -2.35. The second kappa shape index (κ2) is 10.0. The summed E-state index contributed by atoms with van der Waals surface area (Å²) in [5.41, 5.74) is 1.07. The van der Waals surface area contributed by atoms with Crippen LogP contribution < -0.4 is 9.46 Å². The Bertz CT molecular complexity index is 1460. The molecular weight excluding hydrogens is 522 g/mol. The minimum Gasteiger partial charge on any atom is -0.495 e. The number of nitrogens with one attached hydrogen (secondary N) is 1. The van der Waals surface area contributed by atoms with Crippen LogP contribution in [0.4, 0.5) is 14.5 Å². The number of hydrogen-bond donors (Lipinski definition) is 2. The van der Waals surface area contributed by atoms with E-state index in [-0.39, 0.29) is 33.0 Å². The third-order valence-electron chi connectivity index (χ3n) is 6.96. The minimum absolute atomic E-state index is 0.179. The average molecular weight is 551 g/mol. The Labute approximate surface area is 218 Å². The number of carbonyl (C=O) groups is 1. The number of sulfonamides is 1. The summed E-state index contributed by atoms with van der Waals surface area (Å²) in [6.07, 6.45) is 4.15. The molecule has 0 atom stereocenters. The van der Waals surface area contributed by atoms with Crippen molar-refractivity contribution in [3.8, 4) is 16.3 Å². The van der Waals surface area contributed by atoms with Crippen LogP contribution in [0.15, 0.2) is 34.7 Å². The number of methoxy groups -OCH3 is 1. The maximum absolute atomic E-state index is 15.4. The molecule has 1 aromatic heterocycles. The maximum Gasteiger partial charge on any atom is 0.338 e. The molecule has 0 bridgehead atoms. The van der Waals surface area contributed by atoms with Crippen LogP contribution in [0, 0.1) is 24.0 Å². The van der Waals surface area contributed by atoms with Crippen LogP contribution in [0.5, 0.6) is 5.75 Å². The van der Waals surface area contributed by atoms with Crippen molar-refractivity contribution in [3.63, 3.8) is 0 Å². The second-order valence-electron chi connectivity index (χ2n) is 10.0. The fourth-order valence-corrected chi connectivity index (χ4v) is 6.86. The van der Waals surface area contributed by atoms with Gasteiger partial charge < -0.3 is 9.84 Å². The summed E-state index contributed by atoms with van der Waals surface area (Å²) in [4.78, 5) is 15.3. The fourth-order valence-electron chi connectivity index (χ4n) is 4.69. The zero-order valence-electron chi connectivity index (χ0n) is 20.9. The van der Waals surface area contributed by atoms with Crippen molar-refractivity contribution in [2.75, 3.05) is 11.8 Å². The van der Waals surface area contributed by atoms with E-state index in [1.165, 1.54) is 12.5 Å². The summed E-state index contributed by atoms with van der Waals surface area (Å²) in [5, 5.41) is 10.2. The van der Waals surface area contributed by atoms with Crippen molar-refractivity contribution >= 4 is 33.0 Å². The Morgan fingerprint density at radius 3 is 2.51 bits per heavy atom. The summed E-state index contributed by atoms with van der Waals surface area (Å²) in [5.74, 6) is -2.98. The minimum atomic E-state index is -4.31. The first-order valence-electron chi connectivity index (χ1n) is 11.7. The summed E-state index contributed by atoms with van der Waals surface area (Å²) in [6.45, 7) is 6.24. The van der Waals surface area contributed by atoms with E-state index in [1.807, 2.05) is 6.07 Å². The van der Waals surface area contributed by atoms with Gasteiger partial charge in [0.2, 0.25) is 0 Å². The highest BCUT2D eigenvalue weighted by Gasteiger charge is 2.30. The lowest BCUT2D eigenvalue weighted by molar-refractivity contribution is 0.0691. The average Bonchev–Trinajstić information content (AvgIpc) is 3.32. The van der Waals surface area contributed by atoms with E-state index >= 15 is 4.39 Å². The molecular formula is C26H28F2N2O5S2. The molecule has 2 N–H and O–H groups in total. The van der Waals surface area contributed by atoms with Crippen molar-refractivity contribution in [2.45, 2.75) is 57.4 Å². The van der Waals surface area contributed by atoms with Gasteiger partial charge in [0.1, 0.15) is 22.4 Å². The van der Waals surface area contributed by atoms with Gasteiger partial charge in [0, 0.05) is 17.0 Å². The van der Waals surface area contributed by atoms with Gasteiger partial charge >= 0.3 is 5.97 Å². The first kappa shape index (κ1) is 27.0. The summed E-state index contributed by atoms with van der Waals surface area (Å²) in [7, 11) is -3.11. The smallest absolute Gasteiger partial charge is 0.338 e. The summed E-state index contributed by atoms with van der Waals surface area (Å²) >= 11 is 0.970. The number of aromatic nitrogens is 1. The predicted molar refractivity (Wildman–Crippen MR) is 138 cm³/mol. The highest BCUT2D eigenvalue weighted by Crippen LogP contribution is 2.44. The van der Waals surface area contributed by atoms with Gasteiger partial charge in [-0.05, 0) is 67.2 Å². The lowest BCUT2D eigenvalue weighted by atomic mass is 9.70. The predicted octanol–water partition coefficient (Wildman–Crippen LogP) is 6.59. The summed E-state index contributed by atoms with van der Waals surface area (Å²) in [6, 6.07) is 5.15. The van der Waals surface area contributed by atoms with E-state index < -0.39 is 33.2 Å². The van der Waals surface area contributed by atoms with Gasteiger partial charge in [-0.25, -0.2) is 18.6 Å².